The summed E-state index contributed by atoms with van der Waals surface area (Å²) in [5.74, 6) is -2.50. The molecule has 0 bridgehead atoms. The van der Waals surface area contributed by atoms with E-state index in [1.54, 1.807) is 6.92 Å². The van der Waals surface area contributed by atoms with Crippen molar-refractivity contribution < 1.29 is 28.9 Å². The molecule has 3 aliphatic heterocycles. The molecule has 3 aromatic heterocycles. The molecule has 0 spiro atoms. The second-order valence-corrected chi connectivity index (χ2v) is 11.4. The number of anilines is 1. The number of β-lactam (4-membered cyclic amide) rings is 1. The van der Waals surface area contributed by atoms with Crippen molar-refractivity contribution in [3.8, 4) is 0 Å². The van der Waals surface area contributed by atoms with Gasteiger partial charge in [-0.2, -0.15) is 9.36 Å². The summed E-state index contributed by atoms with van der Waals surface area (Å²) in [6.07, 6.45) is 4.65. The Bertz CT molecular complexity index is 1590. The van der Waals surface area contributed by atoms with E-state index in [0.717, 1.165) is 36.6 Å². The Hall–Kier alpha value is -4.09. The molecule has 41 heavy (non-hydrogen) atoms. The first-order valence-corrected chi connectivity index (χ1v) is 14.7. The van der Waals surface area contributed by atoms with Crippen LogP contribution in [0.15, 0.2) is 41.1 Å². The van der Waals surface area contributed by atoms with Gasteiger partial charge in [0.15, 0.2) is 5.13 Å². The molecule has 3 unspecified atom stereocenters. The highest BCUT2D eigenvalue weighted by atomic mass is 32.2. The minimum Gasteiger partial charge on any atom is -0.543 e. The van der Waals surface area contributed by atoms with Gasteiger partial charge in [-0.05, 0) is 37.0 Å². The minimum atomic E-state index is -1.46. The average molecular weight is 599 g/mol. The van der Waals surface area contributed by atoms with Gasteiger partial charge in [-0.3, -0.25) is 14.5 Å². The summed E-state index contributed by atoms with van der Waals surface area (Å²) in [7, 11) is 0. The number of carbonyl (C=O) groups is 3. The summed E-state index contributed by atoms with van der Waals surface area (Å²) in [6, 6.07) is 3.20. The van der Waals surface area contributed by atoms with Gasteiger partial charge < -0.3 is 35.7 Å². The Morgan fingerprint density at radius 1 is 1.41 bits per heavy atom. The first-order valence-electron chi connectivity index (χ1n) is 12.9. The highest BCUT2D eigenvalue weighted by Crippen LogP contribution is 2.40. The lowest BCUT2D eigenvalue weighted by molar-refractivity contribution is -0.664. The Morgan fingerprint density at radius 2 is 2.27 bits per heavy atom. The number of amides is 2. The van der Waals surface area contributed by atoms with E-state index in [1.165, 1.54) is 16.7 Å². The molecule has 0 aliphatic carbocycles. The minimum absolute atomic E-state index is 0.0335. The number of nitrogens with zero attached hydrogens (tertiary/aromatic N) is 7. The maximum absolute atomic E-state index is 13.2. The number of nitrogen functional groups attached to an aromatic ring is 1. The normalized spacial score (nSPS) is 22.6. The van der Waals surface area contributed by atoms with Crippen molar-refractivity contribution in [3.63, 3.8) is 0 Å². The summed E-state index contributed by atoms with van der Waals surface area (Å²) in [4.78, 5) is 53.4. The number of thioether (sulfide) groups is 1. The summed E-state index contributed by atoms with van der Waals surface area (Å²) >= 11 is 2.24. The maximum atomic E-state index is 13.2. The van der Waals surface area contributed by atoms with Crippen LogP contribution in [0.3, 0.4) is 0 Å². The lowest BCUT2D eigenvalue weighted by Crippen LogP contribution is -2.71. The van der Waals surface area contributed by atoms with Gasteiger partial charge in [0.2, 0.25) is 17.9 Å². The van der Waals surface area contributed by atoms with Crippen LogP contribution in [0.25, 0.3) is 11.2 Å². The third kappa shape index (κ3) is 4.89. The highest BCUT2D eigenvalue weighted by Gasteiger charge is 2.53. The predicted octanol–water partition coefficient (Wildman–Crippen LogP) is -1.86. The number of pyridine rings is 1. The third-order valence-electron chi connectivity index (χ3n) is 7.07. The molecule has 17 heteroatoms. The Kier molecular flexibility index (Phi) is 7.31. The number of aromatic nitrogens is 5. The van der Waals surface area contributed by atoms with E-state index >= 15 is 0 Å². The molecule has 3 aliphatic rings. The number of fused-ring (bicyclic) bond motifs is 2. The molecule has 0 aromatic carbocycles. The van der Waals surface area contributed by atoms with E-state index in [9.17, 15) is 19.5 Å². The van der Waals surface area contributed by atoms with Crippen molar-refractivity contribution in [1.29, 1.82) is 0 Å². The topological polar surface area (TPSA) is 197 Å². The molecule has 0 radical (unpaired) electrons. The van der Waals surface area contributed by atoms with Crippen LogP contribution in [0.1, 0.15) is 25.2 Å². The van der Waals surface area contributed by atoms with E-state index in [0.29, 0.717) is 23.0 Å². The van der Waals surface area contributed by atoms with Crippen LogP contribution >= 0.6 is 23.3 Å². The molecular weight excluding hydrogens is 572 g/mol. The van der Waals surface area contributed by atoms with Gasteiger partial charge in [0.25, 0.3) is 11.8 Å². The van der Waals surface area contributed by atoms with Gasteiger partial charge in [0.05, 0.1) is 23.9 Å². The van der Waals surface area contributed by atoms with Gasteiger partial charge >= 0.3 is 5.65 Å². The first-order chi connectivity index (χ1) is 19.9. The summed E-state index contributed by atoms with van der Waals surface area (Å²) in [5, 5.41) is 21.6. The van der Waals surface area contributed by atoms with Gasteiger partial charge in [-0.25, -0.2) is 4.57 Å². The average Bonchev–Trinajstić information content (AvgIpc) is 3.73. The van der Waals surface area contributed by atoms with Crippen molar-refractivity contribution in [3.05, 3.63) is 41.8 Å². The van der Waals surface area contributed by atoms with E-state index in [4.69, 9.17) is 10.6 Å². The highest BCUT2D eigenvalue weighted by molar-refractivity contribution is 8.00. The molecule has 2 amide bonds. The van der Waals surface area contributed by atoms with Crippen LogP contribution in [0.5, 0.6) is 0 Å². The number of nitrogens with two attached hydrogens (primary N) is 1. The molecule has 6 rings (SSSR count). The fraction of sp³-hybridized carbons (Fsp3) is 0.417. The number of rotatable bonds is 9. The summed E-state index contributed by atoms with van der Waals surface area (Å²) in [5.41, 5.74) is 7.39. The maximum Gasteiger partial charge on any atom is 0.349 e. The quantitative estimate of drug-likeness (QED) is 0.108. The van der Waals surface area contributed by atoms with Crippen LogP contribution in [0.2, 0.25) is 0 Å². The number of oxime groups is 1. The smallest absolute Gasteiger partial charge is 0.349 e. The molecule has 2 saturated heterocycles. The van der Waals surface area contributed by atoms with E-state index in [1.807, 2.05) is 29.2 Å². The first kappa shape index (κ1) is 27.1. The number of carboxylic acids is 1. The molecule has 15 nitrogen and oxygen atoms in total. The van der Waals surface area contributed by atoms with Gasteiger partial charge in [-0.15, -0.1) is 11.8 Å². The number of nitrogens with one attached hydrogen (secondary N) is 2. The zero-order valence-electron chi connectivity index (χ0n) is 21.8. The Labute approximate surface area is 241 Å². The number of hydrogen-bond acceptors (Lipinski definition) is 13. The number of aliphatic carboxylic acids is 1. The lowest BCUT2D eigenvalue weighted by Gasteiger charge is -2.50. The molecule has 3 atom stereocenters. The molecule has 4 N–H and O–H groups in total. The third-order valence-corrected chi connectivity index (χ3v) is 8.96. The lowest BCUT2D eigenvalue weighted by atomic mass is 10.0. The molecular formula is C24H26N10O5S2. The van der Waals surface area contributed by atoms with E-state index in [-0.39, 0.29) is 35.5 Å². The van der Waals surface area contributed by atoms with Gasteiger partial charge in [0, 0.05) is 29.4 Å². The van der Waals surface area contributed by atoms with Crippen LogP contribution < -0.4 is 26.0 Å². The van der Waals surface area contributed by atoms with Crippen molar-refractivity contribution >= 4 is 63.1 Å². The number of hydrogen-bond donors (Lipinski definition) is 3. The Balaban J connectivity index is 1.23. The second-order valence-electron chi connectivity index (χ2n) is 9.56. The van der Waals surface area contributed by atoms with E-state index < -0.39 is 29.2 Å². The van der Waals surface area contributed by atoms with Crippen molar-refractivity contribution in [2.75, 3.05) is 31.2 Å². The largest absolute Gasteiger partial charge is 0.543 e. The van der Waals surface area contributed by atoms with Gasteiger partial charge in [-0.1, -0.05) is 5.16 Å². The zero-order valence-corrected chi connectivity index (χ0v) is 23.5. The fourth-order valence-electron chi connectivity index (χ4n) is 5.20. The molecule has 0 saturated carbocycles. The summed E-state index contributed by atoms with van der Waals surface area (Å²) < 4.78 is 8.01. The monoisotopic (exact) mass is 598 g/mol. The van der Waals surface area contributed by atoms with Gasteiger partial charge in [0.1, 0.15) is 30.1 Å². The molecule has 214 valence electrons. The predicted molar refractivity (Wildman–Crippen MR) is 146 cm³/mol. The Morgan fingerprint density at radius 3 is 2.98 bits per heavy atom. The number of carbonyl (C=O) groups excluding carboxylic acids is 3. The van der Waals surface area contributed by atoms with Crippen LogP contribution in [-0.4, -0.2) is 84.2 Å². The van der Waals surface area contributed by atoms with Crippen molar-refractivity contribution in [1.82, 2.24) is 34.4 Å². The molecule has 6 heterocycles. The van der Waals surface area contributed by atoms with Crippen molar-refractivity contribution in [2.24, 2.45) is 5.16 Å². The van der Waals surface area contributed by atoms with Crippen LogP contribution in [-0.2, 0) is 25.8 Å². The fourth-order valence-corrected chi connectivity index (χ4v) is 6.97. The van der Waals surface area contributed by atoms with E-state index in [2.05, 4.69) is 34.7 Å². The number of imidazole rings is 1. The standard InChI is InChI=1S/C24H26N10O5S2/c1-2-39-30-15(18-29-24(25)41-31-18)20(35)28-16-21(36)34-17(23(37)38)12(10-40-22(16)34)9-32-7-3-4-14-19(32)27-11-33(14)13-5-6-26-8-13/h3-4,7,11,13,16,22,26H,2,5-6,8-10H2,1H3,(H3-,25,28,29,31,35,37,38)/b30-15-. The van der Waals surface area contributed by atoms with Crippen molar-refractivity contribution in [2.45, 2.75) is 37.3 Å². The number of carboxylic acid groups (broad SMARTS) is 1. The molecule has 3 aromatic rings. The molecule has 2 fully saturated rings. The summed E-state index contributed by atoms with van der Waals surface area (Å²) in [6.45, 7) is 3.90. The SMILES string of the molecule is CCO/N=C(\C(=O)NC1C(=O)N2C(C(=O)[O-])=C(C[n+]3cccc4c3ncn4C3CCNC3)CSC12)c1nsc(N)n1. The van der Waals surface area contributed by atoms with Crippen LogP contribution in [0, 0.1) is 0 Å². The second kappa shape index (κ2) is 11.1. The van der Waals surface area contributed by atoms with Crippen LogP contribution in [0.4, 0.5) is 5.13 Å². The zero-order chi connectivity index (χ0) is 28.7.